The van der Waals surface area contributed by atoms with Crippen molar-refractivity contribution in [2.24, 2.45) is 5.92 Å². The van der Waals surface area contributed by atoms with Crippen LogP contribution in [-0.2, 0) is 21.5 Å². The van der Waals surface area contributed by atoms with Crippen molar-refractivity contribution < 1.29 is 9.59 Å². The van der Waals surface area contributed by atoms with Gasteiger partial charge in [-0.05, 0) is 43.9 Å². The molecular weight excluding hydrogens is 386 g/mol. The monoisotopic (exact) mass is 415 g/mol. The lowest BCUT2D eigenvalue weighted by molar-refractivity contribution is -0.145. The molecule has 0 fully saturated rings. The number of benzene rings is 2. The number of carbonyl (C=O) groups is 2. The lowest BCUT2D eigenvalue weighted by Crippen LogP contribution is -2.60. The second kappa shape index (κ2) is 6.98. The Hall–Kier alpha value is -3.08. The molecule has 0 saturated carbocycles. The summed E-state index contributed by atoms with van der Waals surface area (Å²) in [6.45, 7) is 8.69. The van der Waals surface area contributed by atoms with E-state index in [0.29, 0.717) is 13.0 Å². The summed E-state index contributed by atoms with van der Waals surface area (Å²) in [6, 6.07) is 16.1. The predicted molar refractivity (Wildman–Crippen MR) is 123 cm³/mol. The van der Waals surface area contributed by atoms with E-state index in [9.17, 15) is 9.59 Å². The summed E-state index contributed by atoms with van der Waals surface area (Å²) in [4.78, 5) is 35.2. The number of aromatic amines is 1. The van der Waals surface area contributed by atoms with E-state index in [-0.39, 0.29) is 23.8 Å². The third-order valence-corrected chi connectivity index (χ3v) is 6.65. The van der Waals surface area contributed by atoms with E-state index >= 15 is 0 Å². The normalized spacial score (nSPS) is 20.3. The number of nitrogens with zero attached hydrogens (tertiary/aromatic N) is 2. The molecule has 2 aliphatic rings. The minimum absolute atomic E-state index is 0.00942. The van der Waals surface area contributed by atoms with E-state index in [1.165, 1.54) is 0 Å². The highest BCUT2D eigenvalue weighted by molar-refractivity contribution is 6.13. The summed E-state index contributed by atoms with van der Waals surface area (Å²) < 4.78 is 0. The molecule has 31 heavy (non-hydrogen) atoms. The summed E-state index contributed by atoms with van der Waals surface area (Å²) in [5.41, 5.74) is 3.68. The molecule has 2 aromatic carbocycles. The maximum Gasteiger partial charge on any atom is 0.264 e. The Morgan fingerprint density at radius 2 is 1.77 bits per heavy atom. The number of rotatable bonds is 3. The standard InChI is InChI=1S/C26H29N3O2/c1-16(2)15-23(30)28-14-13-19-18-9-5-7-11-21(18)27-24(19)26(28)20-10-6-8-12-22(20)29(17(3)4)25(26)31/h5-12,16-17,27H,13-15H2,1-4H3. The molecule has 1 aromatic heterocycles. The van der Waals surface area contributed by atoms with Gasteiger partial charge in [0.25, 0.3) is 5.91 Å². The molecule has 1 unspecified atom stereocenters. The van der Waals surface area contributed by atoms with Crippen LogP contribution in [0.15, 0.2) is 48.5 Å². The SMILES string of the molecule is CC(C)CC(=O)N1CCc2c([nH]c3ccccc23)C12C(=O)N(C(C)C)c1ccccc12. The van der Waals surface area contributed by atoms with Crippen LogP contribution in [0.3, 0.4) is 0 Å². The Bertz CT molecular complexity index is 1190. The molecule has 5 heteroatoms. The van der Waals surface area contributed by atoms with Crippen molar-refractivity contribution in [2.75, 3.05) is 11.4 Å². The van der Waals surface area contributed by atoms with Crippen molar-refractivity contribution in [3.8, 4) is 0 Å². The fourth-order valence-electron chi connectivity index (χ4n) is 5.47. The molecule has 5 rings (SSSR count). The molecule has 160 valence electrons. The van der Waals surface area contributed by atoms with Crippen LogP contribution in [-0.4, -0.2) is 34.3 Å². The van der Waals surface area contributed by atoms with Crippen LogP contribution in [0.5, 0.6) is 0 Å². The molecule has 5 nitrogen and oxygen atoms in total. The van der Waals surface area contributed by atoms with Crippen LogP contribution in [0.1, 0.15) is 50.9 Å². The van der Waals surface area contributed by atoms with Crippen molar-refractivity contribution in [1.29, 1.82) is 0 Å². The van der Waals surface area contributed by atoms with E-state index in [1.807, 2.05) is 80.0 Å². The van der Waals surface area contributed by atoms with Gasteiger partial charge in [0.1, 0.15) is 0 Å². The van der Waals surface area contributed by atoms with Crippen LogP contribution in [0.2, 0.25) is 0 Å². The summed E-state index contributed by atoms with van der Waals surface area (Å²) in [5, 5.41) is 1.14. The molecule has 0 aliphatic carbocycles. The van der Waals surface area contributed by atoms with Gasteiger partial charge >= 0.3 is 0 Å². The minimum atomic E-state index is -1.14. The van der Waals surface area contributed by atoms with Gasteiger partial charge in [0.05, 0.1) is 11.4 Å². The summed E-state index contributed by atoms with van der Waals surface area (Å²) >= 11 is 0. The maximum absolute atomic E-state index is 14.3. The summed E-state index contributed by atoms with van der Waals surface area (Å²) in [5.74, 6) is 0.225. The number of amides is 2. The third kappa shape index (κ3) is 2.62. The Kier molecular flexibility index (Phi) is 4.47. The summed E-state index contributed by atoms with van der Waals surface area (Å²) in [7, 11) is 0. The van der Waals surface area contributed by atoms with Gasteiger partial charge in [-0.25, -0.2) is 0 Å². The Morgan fingerprint density at radius 3 is 2.52 bits per heavy atom. The second-order valence-corrected chi connectivity index (χ2v) is 9.41. The molecule has 0 saturated heterocycles. The first-order valence-corrected chi connectivity index (χ1v) is 11.2. The zero-order valence-corrected chi connectivity index (χ0v) is 18.6. The number of hydrogen-bond acceptors (Lipinski definition) is 2. The largest absolute Gasteiger partial charge is 0.355 e. The van der Waals surface area contributed by atoms with Gasteiger partial charge in [-0.15, -0.1) is 0 Å². The van der Waals surface area contributed by atoms with Crippen molar-refractivity contribution in [3.05, 3.63) is 65.4 Å². The average Bonchev–Trinajstić information content (AvgIpc) is 3.23. The first-order valence-electron chi connectivity index (χ1n) is 11.2. The predicted octanol–water partition coefficient (Wildman–Crippen LogP) is 4.60. The fraction of sp³-hybridized carbons (Fsp3) is 0.385. The van der Waals surface area contributed by atoms with E-state index in [4.69, 9.17) is 0 Å². The van der Waals surface area contributed by atoms with Crippen LogP contribution in [0.25, 0.3) is 10.9 Å². The number of fused-ring (bicyclic) bond motifs is 6. The van der Waals surface area contributed by atoms with Crippen molar-refractivity contribution in [1.82, 2.24) is 9.88 Å². The van der Waals surface area contributed by atoms with Crippen molar-refractivity contribution >= 4 is 28.4 Å². The molecule has 1 spiro atoms. The quantitative estimate of drug-likeness (QED) is 0.680. The zero-order valence-electron chi connectivity index (χ0n) is 18.6. The third-order valence-electron chi connectivity index (χ3n) is 6.65. The fourth-order valence-corrected chi connectivity index (χ4v) is 5.47. The van der Waals surface area contributed by atoms with Gasteiger partial charge in [-0.2, -0.15) is 0 Å². The smallest absolute Gasteiger partial charge is 0.264 e. The molecule has 1 atom stereocenters. The van der Waals surface area contributed by atoms with E-state index < -0.39 is 5.54 Å². The number of anilines is 1. The van der Waals surface area contributed by atoms with Gasteiger partial charge < -0.3 is 14.8 Å². The highest BCUT2D eigenvalue weighted by Crippen LogP contribution is 2.52. The molecule has 2 amide bonds. The van der Waals surface area contributed by atoms with Crippen LogP contribution >= 0.6 is 0 Å². The lowest BCUT2D eigenvalue weighted by atomic mass is 9.79. The number of nitrogens with one attached hydrogen (secondary N) is 1. The summed E-state index contributed by atoms with van der Waals surface area (Å²) in [6.07, 6.45) is 1.16. The van der Waals surface area contributed by atoms with Crippen molar-refractivity contribution in [2.45, 2.75) is 52.1 Å². The number of H-pyrrole nitrogens is 1. The van der Waals surface area contributed by atoms with E-state index in [1.54, 1.807) is 0 Å². The Morgan fingerprint density at radius 1 is 1.06 bits per heavy atom. The van der Waals surface area contributed by atoms with Crippen LogP contribution < -0.4 is 4.90 Å². The minimum Gasteiger partial charge on any atom is -0.355 e. The topological polar surface area (TPSA) is 56.4 Å². The van der Waals surface area contributed by atoms with Gasteiger partial charge in [0.15, 0.2) is 5.54 Å². The highest BCUT2D eigenvalue weighted by Gasteiger charge is 2.60. The average molecular weight is 416 g/mol. The molecule has 3 aromatic rings. The molecule has 0 radical (unpaired) electrons. The van der Waals surface area contributed by atoms with Crippen LogP contribution in [0.4, 0.5) is 5.69 Å². The molecular formula is C26H29N3O2. The molecule has 0 bridgehead atoms. The Labute approximate surface area is 183 Å². The molecule has 1 N–H and O–H groups in total. The van der Waals surface area contributed by atoms with E-state index in [0.717, 1.165) is 39.8 Å². The number of aromatic nitrogens is 1. The van der Waals surface area contributed by atoms with Crippen molar-refractivity contribution in [3.63, 3.8) is 0 Å². The number of carbonyl (C=O) groups excluding carboxylic acids is 2. The first-order chi connectivity index (χ1) is 14.9. The van der Waals surface area contributed by atoms with E-state index in [2.05, 4.69) is 11.1 Å². The van der Waals surface area contributed by atoms with Gasteiger partial charge in [0.2, 0.25) is 5.91 Å². The number of hydrogen-bond donors (Lipinski definition) is 1. The number of para-hydroxylation sites is 2. The zero-order chi connectivity index (χ0) is 21.9. The van der Waals surface area contributed by atoms with Gasteiger partial charge in [0, 0.05) is 35.5 Å². The van der Waals surface area contributed by atoms with Gasteiger partial charge in [-0.3, -0.25) is 9.59 Å². The van der Waals surface area contributed by atoms with Gasteiger partial charge in [-0.1, -0.05) is 50.2 Å². The molecule has 3 heterocycles. The lowest BCUT2D eigenvalue weighted by Gasteiger charge is -2.44. The first kappa shape index (κ1) is 19.9. The van der Waals surface area contributed by atoms with Crippen LogP contribution in [0, 0.1) is 5.92 Å². The second-order valence-electron chi connectivity index (χ2n) is 9.41. The highest BCUT2D eigenvalue weighted by atomic mass is 16.2. The molecule has 2 aliphatic heterocycles. The maximum atomic E-state index is 14.3. The Balaban J connectivity index is 1.84.